The van der Waals surface area contributed by atoms with E-state index < -0.39 is 0 Å². The Bertz CT molecular complexity index is 619. The van der Waals surface area contributed by atoms with Crippen LogP contribution >= 0.6 is 0 Å². The van der Waals surface area contributed by atoms with Gasteiger partial charge in [-0.15, -0.1) is 0 Å². The summed E-state index contributed by atoms with van der Waals surface area (Å²) in [6.45, 7) is 3.56. The van der Waals surface area contributed by atoms with E-state index in [1.807, 2.05) is 12.4 Å². The first-order valence-electron chi connectivity index (χ1n) is 8.21. The molecule has 3 nitrogen and oxygen atoms in total. The molecule has 1 N–H and O–H groups in total. The lowest BCUT2D eigenvalue weighted by molar-refractivity contribution is 0.180. The van der Waals surface area contributed by atoms with Crippen molar-refractivity contribution < 1.29 is 0 Å². The Morgan fingerprint density at radius 1 is 1.14 bits per heavy atom. The third kappa shape index (κ3) is 2.56. The Hall–Kier alpha value is -1.45. The highest BCUT2D eigenvalue weighted by Gasteiger charge is 2.34. The van der Waals surface area contributed by atoms with Crippen molar-refractivity contribution in [3.63, 3.8) is 0 Å². The third-order valence-corrected chi connectivity index (χ3v) is 5.18. The lowest BCUT2D eigenvalue weighted by atomic mass is 9.98. The van der Waals surface area contributed by atoms with Crippen LogP contribution in [0.1, 0.15) is 31.2 Å². The maximum Gasteiger partial charge on any atom is 0.0346 e. The minimum Gasteiger partial charge on any atom is -0.308 e. The first-order chi connectivity index (χ1) is 10.4. The van der Waals surface area contributed by atoms with Gasteiger partial charge in [0.05, 0.1) is 0 Å². The summed E-state index contributed by atoms with van der Waals surface area (Å²) in [7, 11) is 0. The molecule has 0 saturated carbocycles. The second kappa shape index (κ2) is 5.74. The molecule has 3 heteroatoms. The van der Waals surface area contributed by atoms with Gasteiger partial charge >= 0.3 is 0 Å². The van der Waals surface area contributed by atoms with Gasteiger partial charge in [0.15, 0.2) is 0 Å². The average molecular weight is 281 g/mol. The van der Waals surface area contributed by atoms with Gasteiger partial charge in [-0.3, -0.25) is 9.88 Å². The normalized spacial score (nSPS) is 26.1. The number of pyridine rings is 1. The Morgan fingerprint density at radius 2 is 2.14 bits per heavy atom. The Labute approximate surface area is 126 Å². The molecule has 21 heavy (non-hydrogen) atoms. The van der Waals surface area contributed by atoms with Gasteiger partial charge in [-0.05, 0) is 42.8 Å². The molecule has 2 atom stereocenters. The molecule has 2 aliphatic heterocycles. The van der Waals surface area contributed by atoms with Crippen LogP contribution in [0.5, 0.6) is 0 Å². The molecule has 4 rings (SSSR count). The number of rotatable bonds is 3. The highest BCUT2D eigenvalue weighted by atomic mass is 15.2. The van der Waals surface area contributed by atoms with Crippen LogP contribution in [-0.2, 0) is 6.54 Å². The van der Waals surface area contributed by atoms with Crippen molar-refractivity contribution in [3.8, 4) is 0 Å². The molecule has 1 aromatic heterocycles. The maximum atomic E-state index is 4.22. The van der Waals surface area contributed by atoms with E-state index in [0.717, 1.165) is 12.6 Å². The fraction of sp³-hybridized carbons (Fsp3) is 0.500. The van der Waals surface area contributed by atoms with E-state index in [-0.39, 0.29) is 0 Å². The van der Waals surface area contributed by atoms with Crippen molar-refractivity contribution in [2.24, 2.45) is 0 Å². The third-order valence-electron chi connectivity index (χ3n) is 5.18. The topological polar surface area (TPSA) is 28.2 Å². The van der Waals surface area contributed by atoms with Gasteiger partial charge in [-0.2, -0.15) is 0 Å². The van der Waals surface area contributed by atoms with Crippen LogP contribution in [0.15, 0.2) is 36.7 Å². The fourth-order valence-corrected chi connectivity index (χ4v) is 4.07. The molecule has 0 amide bonds. The molecule has 0 spiro atoms. The van der Waals surface area contributed by atoms with Gasteiger partial charge in [-0.1, -0.05) is 24.6 Å². The molecule has 0 bridgehead atoms. The number of nitrogens with one attached hydrogen (secondary N) is 1. The number of hydrogen-bond donors (Lipinski definition) is 1. The summed E-state index contributed by atoms with van der Waals surface area (Å²) in [6.07, 6.45) is 9.31. The minimum absolute atomic E-state index is 0.669. The summed E-state index contributed by atoms with van der Waals surface area (Å²) in [5, 5.41) is 6.40. The SMILES string of the molecule is c1cc(CNC2CCN3CCCCC23)c2ccncc2c1. The van der Waals surface area contributed by atoms with E-state index in [0.29, 0.717) is 6.04 Å². The van der Waals surface area contributed by atoms with Gasteiger partial charge in [0.1, 0.15) is 0 Å². The molecule has 110 valence electrons. The summed E-state index contributed by atoms with van der Waals surface area (Å²) in [4.78, 5) is 6.91. The summed E-state index contributed by atoms with van der Waals surface area (Å²) < 4.78 is 0. The highest BCUT2D eigenvalue weighted by Crippen LogP contribution is 2.27. The van der Waals surface area contributed by atoms with E-state index in [1.165, 1.54) is 55.1 Å². The lowest BCUT2D eigenvalue weighted by Gasteiger charge is -2.32. The average Bonchev–Trinajstić information content (AvgIpc) is 2.96. The number of nitrogens with zero attached hydrogens (tertiary/aromatic N) is 2. The second-order valence-corrected chi connectivity index (χ2v) is 6.39. The number of aromatic nitrogens is 1. The summed E-state index contributed by atoms with van der Waals surface area (Å²) in [6, 6.07) is 10.1. The first kappa shape index (κ1) is 13.2. The van der Waals surface area contributed by atoms with E-state index in [4.69, 9.17) is 0 Å². The van der Waals surface area contributed by atoms with Gasteiger partial charge in [0.2, 0.25) is 0 Å². The van der Waals surface area contributed by atoms with Crippen LogP contribution < -0.4 is 5.32 Å². The predicted octanol–water partition coefficient (Wildman–Crippen LogP) is 2.95. The Balaban J connectivity index is 1.49. The van der Waals surface area contributed by atoms with Crippen LogP contribution in [0.3, 0.4) is 0 Å². The number of fused-ring (bicyclic) bond motifs is 2. The quantitative estimate of drug-likeness (QED) is 0.937. The van der Waals surface area contributed by atoms with Crippen LogP contribution in [0.2, 0.25) is 0 Å². The standard InChI is InChI=1S/C18H23N3/c1-2-10-21-11-8-17(18(21)6-1)20-13-15-5-3-4-14-12-19-9-7-16(14)15/h3-5,7,9,12,17-18,20H,1-2,6,8,10-11,13H2. The second-order valence-electron chi connectivity index (χ2n) is 6.39. The zero-order chi connectivity index (χ0) is 14.1. The molecule has 2 aromatic rings. The first-order valence-corrected chi connectivity index (χ1v) is 8.21. The van der Waals surface area contributed by atoms with Crippen molar-refractivity contribution in [3.05, 3.63) is 42.2 Å². The van der Waals surface area contributed by atoms with Crippen LogP contribution in [0.25, 0.3) is 10.8 Å². The molecule has 3 heterocycles. The number of hydrogen-bond acceptors (Lipinski definition) is 3. The summed E-state index contributed by atoms with van der Waals surface area (Å²) in [5.74, 6) is 0. The monoisotopic (exact) mass is 281 g/mol. The van der Waals surface area contributed by atoms with Gasteiger partial charge in [0, 0.05) is 43.0 Å². The van der Waals surface area contributed by atoms with E-state index in [1.54, 1.807) is 0 Å². The Morgan fingerprint density at radius 3 is 3.14 bits per heavy atom. The van der Waals surface area contributed by atoms with Crippen molar-refractivity contribution in [2.75, 3.05) is 13.1 Å². The van der Waals surface area contributed by atoms with Crippen LogP contribution in [0, 0.1) is 0 Å². The predicted molar refractivity (Wildman–Crippen MR) is 86.2 cm³/mol. The summed E-state index contributed by atoms with van der Waals surface area (Å²) >= 11 is 0. The van der Waals surface area contributed by atoms with Gasteiger partial charge in [-0.25, -0.2) is 0 Å². The zero-order valence-corrected chi connectivity index (χ0v) is 12.5. The maximum absolute atomic E-state index is 4.22. The van der Waals surface area contributed by atoms with E-state index in [9.17, 15) is 0 Å². The van der Waals surface area contributed by atoms with Crippen LogP contribution in [0.4, 0.5) is 0 Å². The zero-order valence-electron chi connectivity index (χ0n) is 12.5. The molecule has 1 aromatic carbocycles. The molecule has 2 unspecified atom stereocenters. The summed E-state index contributed by atoms with van der Waals surface area (Å²) in [5.41, 5.74) is 1.39. The van der Waals surface area contributed by atoms with Gasteiger partial charge in [0.25, 0.3) is 0 Å². The largest absolute Gasteiger partial charge is 0.308 e. The highest BCUT2D eigenvalue weighted by molar-refractivity contribution is 5.84. The van der Waals surface area contributed by atoms with Crippen molar-refractivity contribution in [1.82, 2.24) is 15.2 Å². The molecular formula is C18H23N3. The van der Waals surface area contributed by atoms with Gasteiger partial charge < -0.3 is 5.32 Å². The molecule has 2 fully saturated rings. The molecular weight excluding hydrogens is 258 g/mol. The van der Waals surface area contributed by atoms with E-state index >= 15 is 0 Å². The van der Waals surface area contributed by atoms with Crippen molar-refractivity contribution in [1.29, 1.82) is 0 Å². The van der Waals surface area contributed by atoms with Crippen molar-refractivity contribution >= 4 is 10.8 Å². The minimum atomic E-state index is 0.669. The molecule has 0 aliphatic carbocycles. The molecule has 2 saturated heterocycles. The van der Waals surface area contributed by atoms with E-state index in [2.05, 4.69) is 39.5 Å². The lowest BCUT2D eigenvalue weighted by Crippen LogP contribution is -2.44. The fourth-order valence-electron chi connectivity index (χ4n) is 4.07. The number of benzene rings is 1. The van der Waals surface area contributed by atoms with Crippen molar-refractivity contribution in [2.45, 2.75) is 44.3 Å². The molecule has 0 radical (unpaired) electrons. The number of piperidine rings is 1. The smallest absolute Gasteiger partial charge is 0.0346 e. The molecule has 2 aliphatic rings. The Kier molecular flexibility index (Phi) is 3.62. The van der Waals surface area contributed by atoms with Crippen LogP contribution in [-0.4, -0.2) is 35.1 Å².